The summed E-state index contributed by atoms with van der Waals surface area (Å²) < 4.78 is 114. The third-order valence-corrected chi connectivity index (χ3v) is 2.94. The highest BCUT2D eigenvalue weighted by Crippen LogP contribution is 2.43. The fourth-order valence-electron chi connectivity index (χ4n) is 2.06. The van der Waals surface area contributed by atoms with Crippen molar-refractivity contribution in [2.75, 3.05) is 13.2 Å². The van der Waals surface area contributed by atoms with Gasteiger partial charge in [-0.3, -0.25) is 0 Å². The Morgan fingerprint density at radius 3 is 1.67 bits per heavy atom. The molecule has 0 unspecified atom stereocenters. The van der Waals surface area contributed by atoms with Crippen LogP contribution >= 0.6 is 0 Å². The standard InChI is InChI=1S/C14H11F8NO4/c1-3-26-11(24)5-7(13(17,18)19)6(12(25)27-4-2)9(14(20,21)22)23-8(5)10(15)16/h10H,3-4H2,1-2H3. The van der Waals surface area contributed by atoms with E-state index in [1.165, 1.54) is 0 Å². The van der Waals surface area contributed by atoms with Gasteiger partial charge in [-0.1, -0.05) is 0 Å². The largest absolute Gasteiger partial charge is 0.462 e. The molecule has 0 atom stereocenters. The molecule has 0 bridgehead atoms. The number of carbonyl (C=O) groups excluding carboxylic acids is 2. The molecule has 0 aliphatic rings. The van der Waals surface area contributed by atoms with Crippen molar-refractivity contribution >= 4 is 11.9 Å². The highest BCUT2D eigenvalue weighted by atomic mass is 19.4. The normalized spacial score (nSPS) is 12.3. The molecule has 0 spiro atoms. The molecule has 0 saturated heterocycles. The maximum atomic E-state index is 13.5. The van der Waals surface area contributed by atoms with E-state index >= 15 is 0 Å². The van der Waals surface area contributed by atoms with Crippen molar-refractivity contribution in [1.82, 2.24) is 4.98 Å². The zero-order valence-electron chi connectivity index (χ0n) is 13.6. The third kappa shape index (κ3) is 4.83. The molecule has 152 valence electrons. The van der Waals surface area contributed by atoms with E-state index in [4.69, 9.17) is 0 Å². The van der Waals surface area contributed by atoms with Crippen LogP contribution in [0.4, 0.5) is 35.1 Å². The lowest BCUT2D eigenvalue weighted by molar-refractivity contribution is -0.147. The molecule has 13 heteroatoms. The van der Waals surface area contributed by atoms with Crippen LogP contribution in [0.3, 0.4) is 0 Å². The van der Waals surface area contributed by atoms with Gasteiger partial charge in [-0.15, -0.1) is 0 Å². The third-order valence-electron chi connectivity index (χ3n) is 2.94. The lowest BCUT2D eigenvalue weighted by Crippen LogP contribution is -2.29. The number of carbonyl (C=O) groups is 2. The molecule has 0 aliphatic heterocycles. The summed E-state index contributed by atoms with van der Waals surface area (Å²) in [5, 5.41) is 0. The summed E-state index contributed by atoms with van der Waals surface area (Å²) in [6, 6.07) is 0. The summed E-state index contributed by atoms with van der Waals surface area (Å²) in [7, 11) is 0. The monoisotopic (exact) mass is 409 g/mol. The Morgan fingerprint density at radius 1 is 0.889 bits per heavy atom. The van der Waals surface area contributed by atoms with Crippen LogP contribution in [-0.2, 0) is 21.8 Å². The molecular formula is C14H11F8NO4. The molecule has 0 radical (unpaired) electrons. The number of esters is 2. The van der Waals surface area contributed by atoms with Gasteiger partial charge in [0.1, 0.15) is 16.8 Å². The molecule has 1 aromatic rings. The molecule has 0 N–H and O–H groups in total. The SMILES string of the molecule is CCOC(=O)c1c(C(F)F)nc(C(F)(F)F)c(C(=O)OCC)c1C(F)(F)F. The highest BCUT2D eigenvalue weighted by Gasteiger charge is 2.50. The molecule has 0 aliphatic carbocycles. The van der Waals surface area contributed by atoms with Crippen molar-refractivity contribution in [2.24, 2.45) is 0 Å². The Bertz CT molecular complexity index is 727. The highest BCUT2D eigenvalue weighted by molar-refractivity contribution is 6.00. The maximum absolute atomic E-state index is 13.5. The number of nitrogens with zero attached hydrogens (tertiary/aromatic N) is 1. The van der Waals surface area contributed by atoms with Crippen LogP contribution in [0, 0.1) is 0 Å². The molecule has 1 aromatic heterocycles. The van der Waals surface area contributed by atoms with Gasteiger partial charge in [-0.2, -0.15) is 26.3 Å². The van der Waals surface area contributed by atoms with Crippen molar-refractivity contribution in [1.29, 1.82) is 0 Å². The smallest absolute Gasteiger partial charge is 0.434 e. The first-order chi connectivity index (χ1) is 12.3. The zero-order chi connectivity index (χ0) is 21.2. The molecule has 5 nitrogen and oxygen atoms in total. The number of pyridine rings is 1. The Hall–Kier alpha value is -2.47. The average molecular weight is 409 g/mol. The lowest BCUT2D eigenvalue weighted by Gasteiger charge is -2.21. The fraction of sp³-hybridized carbons (Fsp3) is 0.500. The van der Waals surface area contributed by atoms with Gasteiger partial charge in [-0.05, 0) is 13.8 Å². The van der Waals surface area contributed by atoms with E-state index in [-0.39, 0.29) is 0 Å². The maximum Gasteiger partial charge on any atom is 0.434 e. The summed E-state index contributed by atoms with van der Waals surface area (Å²) in [5.41, 5.74) is -11.4. The first kappa shape index (κ1) is 22.6. The minimum absolute atomic E-state index is 0.575. The second-order valence-corrected chi connectivity index (χ2v) is 4.71. The van der Waals surface area contributed by atoms with Gasteiger partial charge < -0.3 is 9.47 Å². The predicted octanol–water partition coefficient (Wildman–Crippen LogP) is 4.41. The van der Waals surface area contributed by atoms with Gasteiger partial charge in [0.2, 0.25) is 0 Å². The van der Waals surface area contributed by atoms with Crippen molar-refractivity contribution in [2.45, 2.75) is 32.6 Å². The zero-order valence-corrected chi connectivity index (χ0v) is 13.6. The second kappa shape index (κ2) is 8.05. The van der Waals surface area contributed by atoms with E-state index in [1.807, 2.05) is 0 Å². The first-order valence-electron chi connectivity index (χ1n) is 7.11. The second-order valence-electron chi connectivity index (χ2n) is 4.71. The number of alkyl halides is 8. The van der Waals surface area contributed by atoms with Crippen molar-refractivity contribution < 1.29 is 54.2 Å². The summed E-state index contributed by atoms with van der Waals surface area (Å²) in [6.45, 7) is 1.01. The summed E-state index contributed by atoms with van der Waals surface area (Å²) >= 11 is 0. The number of rotatable bonds is 5. The lowest BCUT2D eigenvalue weighted by atomic mass is 9.96. The molecule has 27 heavy (non-hydrogen) atoms. The average Bonchev–Trinajstić information content (AvgIpc) is 2.51. The number of hydrogen-bond donors (Lipinski definition) is 0. The van der Waals surface area contributed by atoms with Gasteiger partial charge >= 0.3 is 24.3 Å². The minimum Gasteiger partial charge on any atom is -0.462 e. The molecule has 0 fully saturated rings. The van der Waals surface area contributed by atoms with Crippen LogP contribution in [0.2, 0.25) is 0 Å². The van der Waals surface area contributed by atoms with Crippen LogP contribution in [0.15, 0.2) is 0 Å². The molecule has 0 saturated carbocycles. The van der Waals surface area contributed by atoms with Crippen LogP contribution in [0.1, 0.15) is 57.9 Å². The van der Waals surface area contributed by atoms with Crippen molar-refractivity contribution in [3.8, 4) is 0 Å². The van der Waals surface area contributed by atoms with Crippen molar-refractivity contribution in [3.63, 3.8) is 0 Å². The Morgan fingerprint density at radius 2 is 1.33 bits per heavy atom. The van der Waals surface area contributed by atoms with E-state index in [2.05, 4.69) is 14.5 Å². The molecule has 1 rings (SSSR count). The molecule has 1 heterocycles. The summed E-state index contributed by atoms with van der Waals surface area (Å²) in [5.74, 6) is -4.14. The van der Waals surface area contributed by atoms with E-state index in [0.29, 0.717) is 0 Å². The quantitative estimate of drug-likeness (QED) is 0.533. The Balaban J connectivity index is 4.16. The van der Waals surface area contributed by atoms with Gasteiger partial charge in [0, 0.05) is 0 Å². The molecule has 0 amide bonds. The topological polar surface area (TPSA) is 65.5 Å². The van der Waals surface area contributed by atoms with E-state index in [1.54, 1.807) is 0 Å². The number of halogens is 8. The number of ether oxygens (including phenoxy) is 2. The van der Waals surface area contributed by atoms with Gasteiger partial charge in [0.15, 0.2) is 5.69 Å². The Kier molecular flexibility index (Phi) is 6.73. The molecular weight excluding hydrogens is 398 g/mol. The van der Waals surface area contributed by atoms with Gasteiger partial charge in [-0.25, -0.2) is 23.4 Å². The Labute approximate surface area is 146 Å². The van der Waals surface area contributed by atoms with Crippen LogP contribution in [0.5, 0.6) is 0 Å². The van der Waals surface area contributed by atoms with E-state index in [0.717, 1.165) is 13.8 Å². The van der Waals surface area contributed by atoms with Crippen molar-refractivity contribution in [3.05, 3.63) is 28.1 Å². The van der Waals surface area contributed by atoms with Crippen LogP contribution < -0.4 is 0 Å². The molecule has 0 aromatic carbocycles. The first-order valence-corrected chi connectivity index (χ1v) is 7.11. The summed E-state index contributed by atoms with van der Waals surface area (Å²) in [6.07, 6.45) is -15.5. The number of aromatic nitrogens is 1. The van der Waals surface area contributed by atoms with E-state index < -0.39 is 72.0 Å². The van der Waals surface area contributed by atoms with Gasteiger partial charge in [0.25, 0.3) is 6.43 Å². The van der Waals surface area contributed by atoms with E-state index in [9.17, 15) is 44.7 Å². The minimum atomic E-state index is -5.81. The summed E-state index contributed by atoms with van der Waals surface area (Å²) in [4.78, 5) is 26.0. The van der Waals surface area contributed by atoms with Gasteiger partial charge in [0.05, 0.1) is 18.8 Å². The fourth-order valence-corrected chi connectivity index (χ4v) is 2.06. The number of hydrogen-bond acceptors (Lipinski definition) is 5. The van der Waals surface area contributed by atoms with Crippen LogP contribution in [0.25, 0.3) is 0 Å². The predicted molar refractivity (Wildman–Crippen MR) is 71.1 cm³/mol. The van der Waals surface area contributed by atoms with Crippen LogP contribution in [-0.4, -0.2) is 30.1 Å².